The van der Waals surface area contributed by atoms with Crippen molar-refractivity contribution in [3.8, 4) is 0 Å². The first-order valence-corrected chi connectivity index (χ1v) is 4.38. The highest BCUT2D eigenvalue weighted by Gasteiger charge is 2.43. The molecule has 0 aromatic heterocycles. The van der Waals surface area contributed by atoms with Gasteiger partial charge in [-0.1, -0.05) is 6.58 Å². The highest BCUT2D eigenvalue weighted by atomic mass is 19.4. The minimum atomic E-state index is -5.66. The average molecular weight is 288 g/mol. The van der Waals surface area contributed by atoms with Gasteiger partial charge in [-0.2, -0.15) is 13.2 Å². The van der Waals surface area contributed by atoms with E-state index in [2.05, 4.69) is 11.3 Å². The Kier molecular flexibility index (Phi) is 3.87. The summed E-state index contributed by atoms with van der Waals surface area (Å²) in [6.45, 7) is 2.82. The van der Waals surface area contributed by atoms with Crippen LogP contribution in [0, 0.1) is 23.3 Å². The lowest BCUT2D eigenvalue weighted by molar-refractivity contribution is -0.142. The predicted molar refractivity (Wildman–Crippen MR) is 46.9 cm³/mol. The number of hydrogen-bond acceptors (Lipinski definition) is 2. The SMILES string of the molecule is C=COC(=O)c1c(F)c(F)c(F)c(C(F)(F)F)c1F. The Labute approximate surface area is 101 Å². The van der Waals surface area contributed by atoms with Crippen molar-refractivity contribution in [2.24, 2.45) is 0 Å². The van der Waals surface area contributed by atoms with Crippen LogP contribution in [0.1, 0.15) is 15.9 Å². The van der Waals surface area contributed by atoms with E-state index < -0.39 is 46.5 Å². The van der Waals surface area contributed by atoms with Gasteiger partial charge in [0.15, 0.2) is 23.3 Å². The van der Waals surface area contributed by atoms with Gasteiger partial charge in [-0.25, -0.2) is 22.4 Å². The van der Waals surface area contributed by atoms with E-state index in [0.717, 1.165) is 0 Å². The lowest BCUT2D eigenvalue weighted by Crippen LogP contribution is -2.20. The van der Waals surface area contributed by atoms with Crippen molar-refractivity contribution in [1.29, 1.82) is 0 Å². The van der Waals surface area contributed by atoms with Gasteiger partial charge < -0.3 is 4.74 Å². The highest BCUT2D eigenvalue weighted by molar-refractivity contribution is 5.90. The smallest absolute Gasteiger partial charge is 0.422 e. The first-order chi connectivity index (χ1) is 8.62. The molecule has 2 nitrogen and oxygen atoms in total. The van der Waals surface area contributed by atoms with Crippen LogP contribution in [0.2, 0.25) is 0 Å². The number of carbonyl (C=O) groups excluding carboxylic acids is 1. The number of rotatable bonds is 2. The van der Waals surface area contributed by atoms with Gasteiger partial charge in [0.1, 0.15) is 11.1 Å². The van der Waals surface area contributed by atoms with Gasteiger partial charge in [0, 0.05) is 0 Å². The Bertz CT molecular complexity index is 548. The van der Waals surface area contributed by atoms with E-state index in [0.29, 0.717) is 6.26 Å². The van der Waals surface area contributed by atoms with Crippen molar-refractivity contribution >= 4 is 5.97 Å². The third-order valence-corrected chi connectivity index (χ3v) is 1.94. The number of ether oxygens (including phenoxy) is 1. The Morgan fingerprint density at radius 1 is 1.00 bits per heavy atom. The Balaban J connectivity index is 3.71. The van der Waals surface area contributed by atoms with E-state index in [4.69, 9.17) is 0 Å². The first-order valence-electron chi connectivity index (χ1n) is 4.38. The van der Waals surface area contributed by atoms with Crippen molar-refractivity contribution in [2.75, 3.05) is 0 Å². The summed E-state index contributed by atoms with van der Waals surface area (Å²) in [5.74, 6) is -12.4. The lowest BCUT2D eigenvalue weighted by Gasteiger charge is -2.13. The maximum Gasteiger partial charge on any atom is 0.422 e. The zero-order chi connectivity index (χ0) is 15.0. The fraction of sp³-hybridized carbons (Fsp3) is 0.100. The minimum Gasteiger partial charge on any atom is -0.431 e. The van der Waals surface area contributed by atoms with Crippen LogP contribution in [0.25, 0.3) is 0 Å². The van der Waals surface area contributed by atoms with E-state index in [9.17, 15) is 35.5 Å². The van der Waals surface area contributed by atoms with Gasteiger partial charge in [0.2, 0.25) is 0 Å². The molecule has 0 N–H and O–H groups in total. The molecule has 104 valence electrons. The van der Waals surface area contributed by atoms with E-state index >= 15 is 0 Å². The van der Waals surface area contributed by atoms with E-state index in [1.54, 1.807) is 0 Å². The third-order valence-electron chi connectivity index (χ3n) is 1.94. The number of halogens is 7. The lowest BCUT2D eigenvalue weighted by atomic mass is 10.1. The normalized spacial score (nSPS) is 11.3. The summed E-state index contributed by atoms with van der Waals surface area (Å²) < 4.78 is 93.0. The maximum atomic E-state index is 13.3. The number of carbonyl (C=O) groups is 1. The molecule has 19 heavy (non-hydrogen) atoms. The van der Waals surface area contributed by atoms with Crippen LogP contribution in [0.5, 0.6) is 0 Å². The van der Waals surface area contributed by atoms with Crippen LogP contribution in [0.3, 0.4) is 0 Å². The van der Waals surface area contributed by atoms with Crippen LogP contribution < -0.4 is 0 Å². The van der Waals surface area contributed by atoms with Crippen LogP contribution >= 0.6 is 0 Å². The van der Waals surface area contributed by atoms with Crippen molar-refractivity contribution in [1.82, 2.24) is 0 Å². The number of esters is 1. The van der Waals surface area contributed by atoms with Gasteiger partial charge in [-0.3, -0.25) is 0 Å². The van der Waals surface area contributed by atoms with Gasteiger partial charge in [-0.05, 0) is 0 Å². The molecule has 0 aliphatic carbocycles. The molecule has 0 atom stereocenters. The fourth-order valence-electron chi connectivity index (χ4n) is 1.20. The van der Waals surface area contributed by atoms with E-state index in [1.807, 2.05) is 0 Å². The minimum absolute atomic E-state index is 0.357. The zero-order valence-corrected chi connectivity index (χ0v) is 8.75. The molecule has 0 saturated carbocycles. The molecule has 0 spiro atoms. The van der Waals surface area contributed by atoms with Crippen LogP contribution in [-0.4, -0.2) is 5.97 Å². The van der Waals surface area contributed by atoms with Gasteiger partial charge >= 0.3 is 12.1 Å². The standard InChI is InChI=1S/C10H3F7O2/c1-2-19-9(18)3-5(11)4(10(15,16)17)7(13)8(14)6(3)12/h2H,1H2. The number of alkyl halides is 3. The summed E-state index contributed by atoms with van der Waals surface area (Å²) in [6.07, 6.45) is -5.30. The molecule has 0 unspecified atom stereocenters. The largest absolute Gasteiger partial charge is 0.431 e. The number of benzene rings is 1. The molecule has 0 bridgehead atoms. The summed E-state index contributed by atoms with van der Waals surface area (Å²) in [7, 11) is 0. The second-order valence-corrected chi connectivity index (χ2v) is 3.08. The summed E-state index contributed by atoms with van der Waals surface area (Å²) in [6, 6.07) is 0. The quantitative estimate of drug-likeness (QED) is 0.273. The monoisotopic (exact) mass is 288 g/mol. The summed E-state index contributed by atoms with van der Waals surface area (Å²) in [5.41, 5.74) is -4.71. The topological polar surface area (TPSA) is 26.3 Å². The molecule has 1 aromatic rings. The van der Waals surface area contributed by atoms with E-state index in [1.165, 1.54) is 0 Å². The van der Waals surface area contributed by atoms with Crippen molar-refractivity contribution in [2.45, 2.75) is 6.18 Å². The summed E-state index contributed by atoms with van der Waals surface area (Å²) >= 11 is 0. The van der Waals surface area contributed by atoms with Crippen molar-refractivity contribution in [3.63, 3.8) is 0 Å². The molecular weight excluding hydrogens is 285 g/mol. The van der Waals surface area contributed by atoms with Crippen LogP contribution in [0.4, 0.5) is 30.7 Å². The Morgan fingerprint density at radius 2 is 1.53 bits per heavy atom. The Hall–Kier alpha value is -2.06. The molecule has 0 radical (unpaired) electrons. The second kappa shape index (κ2) is 4.90. The van der Waals surface area contributed by atoms with E-state index in [-0.39, 0.29) is 0 Å². The number of hydrogen-bond donors (Lipinski definition) is 0. The summed E-state index contributed by atoms with van der Waals surface area (Å²) in [4.78, 5) is 11.0. The van der Waals surface area contributed by atoms with Gasteiger partial charge in [-0.15, -0.1) is 0 Å². The molecule has 0 saturated heterocycles. The molecule has 0 amide bonds. The Morgan fingerprint density at radius 3 is 1.95 bits per heavy atom. The molecule has 9 heteroatoms. The predicted octanol–water partition coefficient (Wildman–Crippen LogP) is 3.56. The molecule has 0 heterocycles. The van der Waals surface area contributed by atoms with Crippen LogP contribution in [-0.2, 0) is 10.9 Å². The van der Waals surface area contributed by atoms with Crippen molar-refractivity contribution in [3.05, 3.63) is 47.2 Å². The highest BCUT2D eigenvalue weighted by Crippen LogP contribution is 2.37. The summed E-state index contributed by atoms with van der Waals surface area (Å²) in [5, 5.41) is 0. The maximum absolute atomic E-state index is 13.3. The molecule has 1 aromatic carbocycles. The van der Waals surface area contributed by atoms with Gasteiger partial charge in [0.25, 0.3) is 0 Å². The second-order valence-electron chi connectivity index (χ2n) is 3.08. The van der Waals surface area contributed by atoms with Crippen molar-refractivity contribution < 1.29 is 40.3 Å². The zero-order valence-electron chi connectivity index (χ0n) is 8.75. The molecule has 0 aliphatic rings. The molecule has 1 rings (SSSR count). The molecule has 0 fully saturated rings. The first kappa shape index (κ1) is 15.0. The average Bonchev–Trinajstić information content (AvgIpc) is 2.24. The fourth-order valence-corrected chi connectivity index (χ4v) is 1.20. The molecule has 0 aliphatic heterocycles. The van der Waals surface area contributed by atoms with Gasteiger partial charge in [0.05, 0.1) is 6.26 Å². The van der Waals surface area contributed by atoms with Crippen LogP contribution in [0.15, 0.2) is 12.8 Å². The molecular formula is C10H3F7O2. The third kappa shape index (κ3) is 2.54.